The number of nitrogens with zero attached hydrogens (tertiary/aromatic N) is 6. The molecule has 0 fully saturated rings. The van der Waals surface area contributed by atoms with Gasteiger partial charge in [-0.05, 0) is 37.6 Å². The Morgan fingerprint density at radius 3 is 2.62 bits per heavy atom. The van der Waals surface area contributed by atoms with Gasteiger partial charge in [0.15, 0.2) is 17.9 Å². The lowest BCUT2D eigenvalue weighted by atomic mass is 10.2. The van der Waals surface area contributed by atoms with Gasteiger partial charge < -0.3 is 10.2 Å². The molecule has 0 radical (unpaired) electrons. The van der Waals surface area contributed by atoms with Gasteiger partial charge in [-0.25, -0.2) is 15.0 Å². The Labute approximate surface area is 180 Å². The Morgan fingerprint density at radius 2 is 2.03 bits per heavy atom. The predicted molar refractivity (Wildman–Crippen MR) is 119 cm³/mol. The summed E-state index contributed by atoms with van der Waals surface area (Å²) in [5.74, 6) is 2.25. The minimum absolute atomic E-state index is 0.147. The second kappa shape index (κ2) is 11.1. The fourth-order valence-electron chi connectivity index (χ4n) is 2.46. The summed E-state index contributed by atoms with van der Waals surface area (Å²) in [5.41, 5.74) is 1.22. The number of aromatic nitrogens is 4. The van der Waals surface area contributed by atoms with Gasteiger partial charge in [0.05, 0.1) is 5.69 Å². The van der Waals surface area contributed by atoms with Crippen LogP contribution in [-0.2, 0) is 11.3 Å². The fraction of sp³-hybridized carbons (Fsp3) is 0.474. The Bertz CT molecular complexity index is 860. The lowest BCUT2D eigenvalue weighted by Crippen LogP contribution is -2.31. The topological polar surface area (TPSA) is 96.3 Å². The number of aryl methyl sites for hydroxylation is 1. The molecule has 2 aromatic heterocycles. The monoisotopic (exact) mass is 435 g/mol. The van der Waals surface area contributed by atoms with Gasteiger partial charge in [-0.1, -0.05) is 13.8 Å². The highest BCUT2D eigenvalue weighted by Crippen LogP contribution is 2.28. The van der Waals surface area contributed by atoms with E-state index in [1.807, 2.05) is 11.9 Å². The Balaban J connectivity index is 2.25. The number of aldehydes is 1. The van der Waals surface area contributed by atoms with Crippen molar-refractivity contribution >= 4 is 47.0 Å². The van der Waals surface area contributed by atoms with E-state index in [0.29, 0.717) is 29.3 Å². The molecule has 2 aromatic rings. The van der Waals surface area contributed by atoms with Gasteiger partial charge in [0, 0.05) is 30.4 Å². The van der Waals surface area contributed by atoms with Crippen LogP contribution in [0.5, 0.6) is 0 Å². The number of aliphatic imine (C=N–C) groups is 1. The van der Waals surface area contributed by atoms with E-state index in [2.05, 4.69) is 51.0 Å². The van der Waals surface area contributed by atoms with Crippen molar-refractivity contribution < 1.29 is 4.79 Å². The number of rotatable bonds is 9. The zero-order chi connectivity index (χ0) is 21.4. The third kappa shape index (κ3) is 6.37. The molecule has 0 aliphatic rings. The van der Waals surface area contributed by atoms with E-state index in [1.54, 1.807) is 31.1 Å². The highest BCUT2D eigenvalue weighted by Gasteiger charge is 2.19. The van der Waals surface area contributed by atoms with Gasteiger partial charge in [-0.15, -0.1) is 11.8 Å². The minimum Gasteiger partial charge on any atom is -0.355 e. The molecular weight excluding hydrogens is 410 g/mol. The van der Waals surface area contributed by atoms with Crippen LogP contribution in [0.1, 0.15) is 38.7 Å². The lowest BCUT2D eigenvalue weighted by Gasteiger charge is -2.27. The molecule has 0 aromatic carbocycles. The normalized spacial score (nSPS) is 12.6. The van der Waals surface area contributed by atoms with Crippen molar-refractivity contribution in [1.82, 2.24) is 19.9 Å². The molecule has 0 unspecified atom stereocenters. The summed E-state index contributed by atoms with van der Waals surface area (Å²) in [7, 11) is 1.93. The maximum Gasteiger partial charge on any atom is 0.224 e. The number of carbonyl (C=O) groups excluding carboxylic acids is 1. The zero-order valence-electron chi connectivity index (χ0n) is 17.3. The summed E-state index contributed by atoms with van der Waals surface area (Å²) in [4.78, 5) is 36.0. The van der Waals surface area contributed by atoms with Crippen molar-refractivity contribution in [2.75, 3.05) is 23.0 Å². The summed E-state index contributed by atoms with van der Waals surface area (Å²) in [5, 5.41) is 3.21. The molecular formula is C19H26ClN7OS. The molecule has 8 nitrogen and oxygen atoms in total. The van der Waals surface area contributed by atoms with Crippen LogP contribution in [-0.4, -0.2) is 50.9 Å². The van der Waals surface area contributed by atoms with Crippen LogP contribution in [0, 0.1) is 6.92 Å². The van der Waals surface area contributed by atoms with Crippen LogP contribution in [0.3, 0.4) is 0 Å². The molecule has 0 amide bonds. The zero-order valence-corrected chi connectivity index (χ0v) is 18.9. The summed E-state index contributed by atoms with van der Waals surface area (Å²) < 4.78 is 0. The second-order valence-corrected chi connectivity index (χ2v) is 8.03. The summed E-state index contributed by atoms with van der Waals surface area (Å²) in [6.45, 7) is 8.23. The van der Waals surface area contributed by atoms with Crippen molar-refractivity contribution in [3.63, 3.8) is 0 Å². The number of anilines is 2. The van der Waals surface area contributed by atoms with E-state index in [1.165, 1.54) is 0 Å². The lowest BCUT2D eigenvalue weighted by molar-refractivity contribution is -0.102. The molecule has 0 saturated carbocycles. The van der Waals surface area contributed by atoms with Crippen molar-refractivity contribution in [3.05, 3.63) is 29.2 Å². The highest BCUT2D eigenvalue weighted by atomic mass is 35.5. The molecule has 0 aliphatic carbocycles. The van der Waals surface area contributed by atoms with Gasteiger partial charge in [0.25, 0.3) is 0 Å². The van der Waals surface area contributed by atoms with Crippen LogP contribution in [0.15, 0.2) is 22.3 Å². The number of nitrogens with one attached hydrogen (secondary N) is 1. The number of halogens is 1. The van der Waals surface area contributed by atoms with Gasteiger partial charge in [0.2, 0.25) is 5.28 Å². The molecule has 156 valence electrons. The number of carbonyl (C=O) groups is 1. The maximum atomic E-state index is 11.6. The molecule has 29 heavy (non-hydrogen) atoms. The Kier molecular flexibility index (Phi) is 8.78. The standard InChI is InChI=1S/C19H26ClN7OS/c1-6-12(3)27(5)18-17(13(4)24-19(20)26-18)25-16(11-28)23-10-15-21-8-14(9-22-15)29-7-2/h8-9,11-12H,6-7,10H2,1-5H3,(H,23,25)/t12-/m1/s1. The number of amidine groups is 1. The summed E-state index contributed by atoms with van der Waals surface area (Å²) >= 11 is 7.73. The number of hydrogen-bond donors (Lipinski definition) is 1. The van der Waals surface area contributed by atoms with Crippen LogP contribution in [0.2, 0.25) is 5.28 Å². The summed E-state index contributed by atoms with van der Waals surface area (Å²) in [6.07, 6.45) is 5.10. The first kappa shape index (κ1) is 23.0. The van der Waals surface area contributed by atoms with Crippen molar-refractivity contribution in [2.45, 2.75) is 51.6 Å². The Hall–Kier alpha value is -2.26. The van der Waals surface area contributed by atoms with Crippen molar-refractivity contribution in [1.29, 1.82) is 0 Å². The SMILES string of the molecule is CCSc1cnc(CN=C(C=O)Nc2c(C)nc(Cl)nc2N(C)[C@H](C)CC)nc1. The number of thioether (sulfide) groups is 1. The first-order chi connectivity index (χ1) is 13.9. The highest BCUT2D eigenvalue weighted by molar-refractivity contribution is 7.99. The fourth-order valence-corrected chi connectivity index (χ4v) is 3.26. The molecule has 1 atom stereocenters. The van der Waals surface area contributed by atoms with Crippen molar-refractivity contribution in [2.24, 2.45) is 4.99 Å². The average Bonchev–Trinajstić information content (AvgIpc) is 2.72. The average molecular weight is 436 g/mol. The van der Waals surface area contributed by atoms with Gasteiger partial charge in [0.1, 0.15) is 18.1 Å². The first-order valence-electron chi connectivity index (χ1n) is 9.36. The van der Waals surface area contributed by atoms with E-state index in [0.717, 1.165) is 17.1 Å². The van der Waals surface area contributed by atoms with E-state index in [-0.39, 0.29) is 23.7 Å². The molecule has 10 heteroatoms. The summed E-state index contributed by atoms with van der Waals surface area (Å²) in [6, 6.07) is 0.227. The molecule has 2 heterocycles. The van der Waals surface area contributed by atoms with E-state index < -0.39 is 0 Å². The number of hydrogen-bond acceptors (Lipinski definition) is 8. The molecule has 0 bridgehead atoms. The molecule has 2 rings (SSSR count). The Morgan fingerprint density at radius 1 is 1.34 bits per heavy atom. The van der Waals surface area contributed by atoms with E-state index in [4.69, 9.17) is 11.6 Å². The van der Waals surface area contributed by atoms with Gasteiger partial charge >= 0.3 is 0 Å². The quantitative estimate of drug-likeness (QED) is 0.209. The maximum absolute atomic E-state index is 11.6. The van der Waals surface area contributed by atoms with Crippen LogP contribution >= 0.6 is 23.4 Å². The van der Waals surface area contributed by atoms with Crippen LogP contribution in [0.4, 0.5) is 11.5 Å². The van der Waals surface area contributed by atoms with E-state index >= 15 is 0 Å². The molecule has 0 spiro atoms. The van der Waals surface area contributed by atoms with Crippen molar-refractivity contribution in [3.8, 4) is 0 Å². The smallest absolute Gasteiger partial charge is 0.224 e. The van der Waals surface area contributed by atoms with Crippen LogP contribution in [0.25, 0.3) is 0 Å². The first-order valence-corrected chi connectivity index (χ1v) is 10.7. The second-order valence-electron chi connectivity index (χ2n) is 6.36. The molecule has 0 aliphatic heterocycles. The predicted octanol–water partition coefficient (Wildman–Crippen LogP) is 3.78. The third-order valence-electron chi connectivity index (χ3n) is 4.38. The largest absolute Gasteiger partial charge is 0.355 e. The molecule has 0 saturated heterocycles. The van der Waals surface area contributed by atoms with Gasteiger partial charge in [-0.3, -0.25) is 9.79 Å². The third-order valence-corrected chi connectivity index (χ3v) is 5.38. The van der Waals surface area contributed by atoms with E-state index in [9.17, 15) is 4.79 Å². The van der Waals surface area contributed by atoms with Crippen LogP contribution < -0.4 is 10.2 Å². The molecule has 1 N–H and O–H groups in total. The minimum atomic E-state index is 0.147. The van der Waals surface area contributed by atoms with Gasteiger partial charge in [-0.2, -0.15) is 4.98 Å².